The molecule has 0 spiro atoms. The molecule has 26 heavy (non-hydrogen) atoms. The van der Waals surface area contributed by atoms with Gasteiger partial charge in [-0.15, -0.1) is 0 Å². The normalized spacial score (nSPS) is 20.6. The summed E-state index contributed by atoms with van der Waals surface area (Å²) in [4.78, 5) is 12.6. The maximum atomic E-state index is 13.2. The molecule has 0 bridgehead atoms. The maximum absolute atomic E-state index is 13.2. The molecule has 0 heterocycles. The number of halogens is 4. The second kappa shape index (κ2) is 7.70. The van der Waals surface area contributed by atoms with E-state index in [1.807, 2.05) is 18.2 Å². The van der Waals surface area contributed by atoms with Crippen LogP contribution >= 0.6 is 11.6 Å². The molecule has 0 saturated heterocycles. The van der Waals surface area contributed by atoms with E-state index in [4.69, 9.17) is 11.6 Å². The summed E-state index contributed by atoms with van der Waals surface area (Å²) >= 11 is 6.30. The molecule has 1 aliphatic rings. The van der Waals surface area contributed by atoms with Crippen LogP contribution in [0.1, 0.15) is 53.1 Å². The van der Waals surface area contributed by atoms with Gasteiger partial charge in [0.15, 0.2) is 0 Å². The van der Waals surface area contributed by atoms with Gasteiger partial charge in [-0.3, -0.25) is 4.79 Å². The van der Waals surface area contributed by atoms with Crippen LogP contribution in [0.5, 0.6) is 0 Å². The van der Waals surface area contributed by atoms with Crippen molar-refractivity contribution >= 4 is 17.5 Å². The number of benzene rings is 2. The Bertz CT molecular complexity index is 791. The van der Waals surface area contributed by atoms with Crippen molar-refractivity contribution in [3.63, 3.8) is 0 Å². The second-order valence-electron chi connectivity index (χ2n) is 6.54. The molecule has 2 aromatic rings. The quantitative estimate of drug-likeness (QED) is 0.713. The van der Waals surface area contributed by atoms with Crippen molar-refractivity contribution in [3.05, 3.63) is 70.2 Å². The number of nitrogens with one attached hydrogen (secondary N) is 1. The zero-order valence-corrected chi connectivity index (χ0v) is 14.8. The topological polar surface area (TPSA) is 29.1 Å². The summed E-state index contributed by atoms with van der Waals surface area (Å²) in [5, 5.41) is 3.45. The predicted molar refractivity (Wildman–Crippen MR) is 95.4 cm³/mol. The van der Waals surface area contributed by atoms with Gasteiger partial charge in [0, 0.05) is 17.0 Å². The highest BCUT2D eigenvalue weighted by atomic mass is 35.5. The Morgan fingerprint density at radius 2 is 1.65 bits per heavy atom. The van der Waals surface area contributed by atoms with Crippen molar-refractivity contribution < 1.29 is 18.0 Å². The molecule has 138 valence electrons. The number of carbonyl (C=O) groups excluding carboxylic acids is 1. The monoisotopic (exact) mass is 381 g/mol. The first-order valence-corrected chi connectivity index (χ1v) is 8.97. The third-order valence-electron chi connectivity index (χ3n) is 4.86. The lowest BCUT2D eigenvalue weighted by atomic mass is 9.80. The standard InChI is InChI=1S/C20H19ClF3NO/c21-17-11-5-2-7-13(17)14-8-3-6-12-18(14)25-19(26)15-9-1-4-10-16(15)20(22,23)24/h1-2,4-5,7,9-11,14,18H,3,6,8,12H2,(H,25,26)/t14-,18-/m0/s1. The summed E-state index contributed by atoms with van der Waals surface area (Å²) in [7, 11) is 0. The fraction of sp³-hybridized carbons (Fsp3) is 0.350. The minimum absolute atomic E-state index is 0.000510. The van der Waals surface area contributed by atoms with Gasteiger partial charge in [-0.05, 0) is 36.6 Å². The van der Waals surface area contributed by atoms with Gasteiger partial charge in [0.1, 0.15) is 0 Å². The van der Waals surface area contributed by atoms with E-state index in [-0.39, 0.29) is 17.5 Å². The Morgan fingerprint density at radius 3 is 2.38 bits per heavy atom. The first kappa shape index (κ1) is 18.8. The van der Waals surface area contributed by atoms with Gasteiger partial charge in [-0.1, -0.05) is 54.8 Å². The fourth-order valence-electron chi connectivity index (χ4n) is 3.63. The van der Waals surface area contributed by atoms with Crippen LogP contribution in [0, 0.1) is 0 Å². The van der Waals surface area contributed by atoms with E-state index in [0.717, 1.165) is 37.3 Å². The smallest absolute Gasteiger partial charge is 0.349 e. The van der Waals surface area contributed by atoms with Crippen LogP contribution in [0.25, 0.3) is 0 Å². The first-order valence-electron chi connectivity index (χ1n) is 8.59. The number of rotatable bonds is 3. The van der Waals surface area contributed by atoms with Gasteiger partial charge in [0.05, 0.1) is 11.1 Å². The van der Waals surface area contributed by atoms with Crippen LogP contribution in [0.2, 0.25) is 5.02 Å². The summed E-state index contributed by atoms with van der Waals surface area (Å²) in [5.41, 5.74) is -0.325. The molecule has 2 nitrogen and oxygen atoms in total. The number of carbonyl (C=O) groups is 1. The molecule has 0 aromatic heterocycles. The van der Waals surface area contributed by atoms with Crippen LogP contribution in [-0.4, -0.2) is 11.9 Å². The van der Waals surface area contributed by atoms with Gasteiger partial charge in [-0.25, -0.2) is 0 Å². The molecule has 1 N–H and O–H groups in total. The fourth-order valence-corrected chi connectivity index (χ4v) is 3.90. The van der Waals surface area contributed by atoms with E-state index in [1.54, 1.807) is 6.07 Å². The van der Waals surface area contributed by atoms with E-state index in [0.29, 0.717) is 5.02 Å². The molecular weight excluding hydrogens is 363 g/mol. The van der Waals surface area contributed by atoms with E-state index in [2.05, 4.69) is 5.32 Å². The van der Waals surface area contributed by atoms with Crippen LogP contribution in [0.15, 0.2) is 48.5 Å². The van der Waals surface area contributed by atoms with Crippen molar-refractivity contribution in [1.82, 2.24) is 5.32 Å². The molecule has 1 saturated carbocycles. The van der Waals surface area contributed by atoms with Crippen LogP contribution in [0.4, 0.5) is 13.2 Å². The average molecular weight is 382 g/mol. The zero-order valence-electron chi connectivity index (χ0n) is 14.0. The number of amides is 1. The average Bonchev–Trinajstić information content (AvgIpc) is 2.62. The Hall–Kier alpha value is -2.01. The maximum Gasteiger partial charge on any atom is 0.417 e. The third-order valence-corrected chi connectivity index (χ3v) is 5.21. The minimum atomic E-state index is -4.57. The van der Waals surface area contributed by atoms with Crippen molar-refractivity contribution in [1.29, 1.82) is 0 Å². The predicted octanol–water partition coefficient (Wildman–Crippen LogP) is 5.82. The summed E-state index contributed by atoms with van der Waals surface area (Å²) in [5.74, 6) is -0.693. The molecule has 0 unspecified atom stereocenters. The highest BCUT2D eigenvalue weighted by molar-refractivity contribution is 6.31. The molecule has 2 aromatic carbocycles. The Balaban J connectivity index is 1.85. The summed E-state index contributed by atoms with van der Waals surface area (Å²) in [6, 6.07) is 12.1. The minimum Gasteiger partial charge on any atom is -0.349 e. The number of hydrogen-bond acceptors (Lipinski definition) is 1. The Labute approximate surface area is 155 Å². The molecule has 6 heteroatoms. The van der Waals surface area contributed by atoms with Crippen molar-refractivity contribution in [3.8, 4) is 0 Å². The highest BCUT2D eigenvalue weighted by Gasteiger charge is 2.36. The third kappa shape index (κ3) is 4.04. The number of hydrogen-bond donors (Lipinski definition) is 1. The van der Waals surface area contributed by atoms with Crippen LogP contribution in [0.3, 0.4) is 0 Å². The van der Waals surface area contributed by atoms with E-state index in [1.165, 1.54) is 18.2 Å². The SMILES string of the molecule is O=C(N[C@H]1CCCC[C@H]1c1ccccc1Cl)c1ccccc1C(F)(F)F. The largest absolute Gasteiger partial charge is 0.417 e. The lowest BCUT2D eigenvalue weighted by Crippen LogP contribution is -2.41. The lowest BCUT2D eigenvalue weighted by Gasteiger charge is -2.33. The molecule has 1 fully saturated rings. The van der Waals surface area contributed by atoms with Crippen LogP contribution < -0.4 is 5.32 Å². The highest BCUT2D eigenvalue weighted by Crippen LogP contribution is 2.37. The number of alkyl halides is 3. The molecule has 2 atom stereocenters. The molecule has 1 aliphatic carbocycles. The van der Waals surface area contributed by atoms with Gasteiger partial charge in [0.2, 0.25) is 0 Å². The Morgan fingerprint density at radius 1 is 1.00 bits per heavy atom. The summed E-state index contributed by atoms with van der Waals surface area (Å²) in [6.45, 7) is 0. The molecule has 0 aliphatic heterocycles. The zero-order chi connectivity index (χ0) is 18.7. The summed E-state index contributed by atoms with van der Waals surface area (Å²) < 4.78 is 39.6. The summed E-state index contributed by atoms with van der Waals surface area (Å²) in [6.07, 6.45) is -1.08. The Kier molecular flexibility index (Phi) is 5.56. The molecule has 3 rings (SSSR count). The van der Waals surface area contributed by atoms with E-state index in [9.17, 15) is 18.0 Å². The van der Waals surface area contributed by atoms with Gasteiger partial charge < -0.3 is 5.32 Å². The van der Waals surface area contributed by atoms with Crippen molar-refractivity contribution in [2.75, 3.05) is 0 Å². The molecular formula is C20H19ClF3NO. The van der Waals surface area contributed by atoms with E-state index >= 15 is 0 Å². The van der Waals surface area contributed by atoms with Crippen molar-refractivity contribution in [2.24, 2.45) is 0 Å². The molecule has 0 radical (unpaired) electrons. The van der Waals surface area contributed by atoms with Crippen molar-refractivity contribution in [2.45, 2.75) is 43.8 Å². The van der Waals surface area contributed by atoms with Gasteiger partial charge in [0.25, 0.3) is 5.91 Å². The van der Waals surface area contributed by atoms with Gasteiger partial charge in [-0.2, -0.15) is 13.2 Å². The van der Waals surface area contributed by atoms with Gasteiger partial charge >= 0.3 is 6.18 Å². The lowest BCUT2D eigenvalue weighted by molar-refractivity contribution is -0.137. The molecule has 1 amide bonds. The van der Waals surface area contributed by atoms with E-state index < -0.39 is 17.6 Å². The van der Waals surface area contributed by atoms with Crippen LogP contribution in [-0.2, 0) is 6.18 Å². The second-order valence-corrected chi connectivity index (χ2v) is 6.94. The first-order chi connectivity index (χ1) is 12.4.